The summed E-state index contributed by atoms with van der Waals surface area (Å²) >= 11 is 0. The predicted octanol–water partition coefficient (Wildman–Crippen LogP) is -0.711. The molecule has 6 heteroatoms. The number of aliphatic hydroxyl groups is 2. The van der Waals surface area contributed by atoms with E-state index in [4.69, 9.17) is 5.11 Å². The summed E-state index contributed by atoms with van der Waals surface area (Å²) in [5.41, 5.74) is 0.388. The van der Waals surface area contributed by atoms with Crippen LogP contribution in [0.15, 0.2) is 12.5 Å². The van der Waals surface area contributed by atoms with Crippen molar-refractivity contribution in [1.82, 2.24) is 9.55 Å². The summed E-state index contributed by atoms with van der Waals surface area (Å²) in [7, 11) is 1.65. The van der Waals surface area contributed by atoms with Gasteiger partial charge in [-0.05, 0) is 0 Å². The van der Waals surface area contributed by atoms with Gasteiger partial charge < -0.3 is 19.9 Å². The van der Waals surface area contributed by atoms with Gasteiger partial charge in [0.1, 0.15) is 6.10 Å². The Balaban J connectivity index is 2.70. The molecule has 78 valence electrons. The Hall–Kier alpha value is -1.40. The van der Waals surface area contributed by atoms with Crippen LogP contribution in [-0.2, 0) is 11.8 Å². The van der Waals surface area contributed by atoms with Crippen LogP contribution in [0, 0.1) is 0 Å². The molecule has 0 fully saturated rings. The molecule has 1 heterocycles. The Kier molecular flexibility index (Phi) is 3.21. The monoisotopic (exact) mass is 200 g/mol. The number of aliphatic carboxylic acids is 1. The highest BCUT2D eigenvalue weighted by Crippen LogP contribution is 2.17. The number of aryl methyl sites for hydroxylation is 1. The van der Waals surface area contributed by atoms with Crippen LogP contribution in [0.1, 0.15) is 18.2 Å². The summed E-state index contributed by atoms with van der Waals surface area (Å²) < 4.78 is 1.52. The van der Waals surface area contributed by atoms with Gasteiger partial charge in [-0.1, -0.05) is 0 Å². The molecule has 0 saturated heterocycles. The molecule has 0 radical (unpaired) electrons. The molecule has 0 saturated carbocycles. The van der Waals surface area contributed by atoms with Crippen molar-refractivity contribution in [3.8, 4) is 0 Å². The first-order valence-electron chi connectivity index (χ1n) is 4.06. The number of imidazole rings is 1. The standard InChI is InChI=1S/C8H12N2O4/c1-10-4-9-3-5(10)8(14)6(11)2-7(12)13/h3-4,6,8,11,14H,2H2,1H3,(H,12,13). The zero-order chi connectivity index (χ0) is 10.7. The minimum atomic E-state index is -1.32. The number of nitrogens with zero attached hydrogens (tertiary/aromatic N) is 2. The fourth-order valence-electron chi connectivity index (χ4n) is 1.14. The van der Waals surface area contributed by atoms with Crippen molar-refractivity contribution < 1.29 is 20.1 Å². The third-order valence-corrected chi connectivity index (χ3v) is 1.91. The first-order valence-corrected chi connectivity index (χ1v) is 4.06. The van der Waals surface area contributed by atoms with Crippen LogP contribution < -0.4 is 0 Å². The molecule has 0 aliphatic heterocycles. The van der Waals surface area contributed by atoms with Gasteiger partial charge in [0, 0.05) is 7.05 Å². The number of aromatic nitrogens is 2. The van der Waals surface area contributed by atoms with Crippen LogP contribution in [0.25, 0.3) is 0 Å². The van der Waals surface area contributed by atoms with Crippen molar-refractivity contribution in [2.75, 3.05) is 0 Å². The molecule has 2 atom stereocenters. The van der Waals surface area contributed by atoms with E-state index < -0.39 is 24.6 Å². The fourth-order valence-corrected chi connectivity index (χ4v) is 1.14. The van der Waals surface area contributed by atoms with Crippen molar-refractivity contribution in [2.45, 2.75) is 18.6 Å². The molecule has 0 amide bonds. The van der Waals surface area contributed by atoms with Crippen LogP contribution >= 0.6 is 0 Å². The molecule has 0 spiro atoms. The summed E-state index contributed by atoms with van der Waals surface area (Å²) in [6.07, 6.45) is -0.185. The fraction of sp³-hybridized carbons (Fsp3) is 0.500. The highest BCUT2D eigenvalue weighted by Gasteiger charge is 2.23. The molecule has 0 aromatic carbocycles. The molecule has 2 unspecified atom stereocenters. The van der Waals surface area contributed by atoms with E-state index in [0.29, 0.717) is 5.69 Å². The maximum Gasteiger partial charge on any atom is 0.306 e. The molecular weight excluding hydrogens is 188 g/mol. The Morgan fingerprint density at radius 2 is 2.29 bits per heavy atom. The molecule has 1 aromatic rings. The van der Waals surface area contributed by atoms with Gasteiger partial charge in [-0.2, -0.15) is 0 Å². The zero-order valence-electron chi connectivity index (χ0n) is 7.66. The van der Waals surface area contributed by atoms with Crippen LogP contribution in [0.5, 0.6) is 0 Å². The maximum absolute atomic E-state index is 10.3. The van der Waals surface area contributed by atoms with Gasteiger partial charge in [0.15, 0.2) is 0 Å². The second-order valence-corrected chi connectivity index (χ2v) is 3.04. The van der Waals surface area contributed by atoms with E-state index in [1.165, 1.54) is 17.1 Å². The number of hydrogen-bond donors (Lipinski definition) is 3. The normalized spacial score (nSPS) is 15.1. The summed E-state index contributed by atoms with van der Waals surface area (Å²) in [6.45, 7) is 0. The first kappa shape index (κ1) is 10.7. The van der Waals surface area contributed by atoms with E-state index in [-0.39, 0.29) is 0 Å². The maximum atomic E-state index is 10.3. The van der Waals surface area contributed by atoms with E-state index in [9.17, 15) is 15.0 Å². The van der Waals surface area contributed by atoms with Crippen molar-refractivity contribution in [3.05, 3.63) is 18.2 Å². The number of rotatable bonds is 4. The van der Waals surface area contributed by atoms with Gasteiger partial charge in [0.25, 0.3) is 0 Å². The minimum absolute atomic E-state index is 0.388. The van der Waals surface area contributed by atoms with Crippen LogP contribution in [0.3, 0.4) is 0 Å². The average molecular weight is 200 g/mol. The van der Waals surface area contributed by atoms with E-state index in [1.54, 1.807) is 7.05 Å². The Morgan fingerprint density at radius 1 is 1.64 bits per heavy atom. The minimum Gasteiger partial charge on any atom is -0.481 e. The number of carbonyl (C=O) groups is 1. The quantitative estimate of drug-likeness (QED) is 0.596. The second-order valence-electron chi connectivity index (χ2n) is 3.04. The highest BCUT2D eigenvalue weighted by molar-refractivity contribution is 5.67. The lowest BCUT2D eigenvalue weighted by atomic mass is 10.1. The molecule has 14 heavy (non-hydrogen) atoms. The molecule has 0 aliphatic rings. The zero-order valence-corrected chi connectivity index (χ0v) is 7.66. The summed E-state index contributed by atoms with van der Waals surface area (Å²) in [5, 5.41) is 27.3. The van der Waals surface area contributed by atoms with Gasteiger partial charge in [-0.15, -0.1) is 0 Å². The highest BCUT2D eigenvalue weighted by atomic mass is 16.4. The first-order chi connectivity index (χ1) is 6.52. The Bertz CT molecular complexity index is 323. The van der Waals surface area contributed by atoms with Crippen molar-refractivity contribution in [1.29, 1.82) is 0 Å². The third kappa shape index (κ3) is 2.30. The van der Waals surface area contributed by atoms with Crippen molar-refractivity contribution >= 4 is 5.97 Å². The van der Waals surface area contributed by atoms with Crippen LogP contribution in [0.4, 0.5) is 0 Å². The lowest BCUT2D eigenvalue weighted by Crippen LogP contribution is -2.23. The van der Waals surface area contributed by atoms with Gasteiger partial charge in [-0.25, -0.2) is 4.98 Å². The number of carboxylic acids is 1. The molecular formula is C8H12N2O4. The molecule has 6 nitrogen and oxygen atoms in total. The van der Waals surface area contributed by atoms with E-state index >= 15 is 0 Å². The third-order valence-electron chi connectivity index (χ3n) is 1.91. The van der Waals surface area contributed by atoms with Gasteiger partial charge >= 0.3 is 5.97 Å². The van der Waals surface area contributed by atoms with Crippen LogP contribution in [-0.4, -0.2) is 36.9 Å². The second kappa shape index (κ2) is 4.21. The Labute approximate surface area is 80.4 Å². The average Bonchev–Trinajstić information content (AvgIpc) is 2.48. The predicted molar refractivity (Wildman–Crippen MR) is 46.4 cm³/mol. The summed E-state index contributed by atoms with van der Waals surface area (Å²) in [5.74, 6) is -1.15. The largest absolute Gasteiger partial charge is 0.481 e. The van der Waals surface area contributed by atoms with E-state index in [2.05, 4.69) is 4.98 Å². The molecule has 0 bridgehead atoms. The molecule has 3 N–H and O–H groups in total. The topological polar surface area (TPSA) is 95.6 Å². The van der Waals surface area contributed by atoms with Gasteiger partial charge in [0.05, 0.1) is 30.7 Å². The summed E-state index contributed by atoms with van der Waals surface area (Å²) in [4.78, 5) is 14.0. The SMILES string of the molecule is Cn1cncc1C(O)C(O)CC(=O)O. The number of hydrogen-bond acceptors (Lipinski definition) is 4. The lowest BCUT2D eigenvalue weighted by Gasteiger charge is -2.16. The van der Waals surface area contributed by atoms with Gasteiger partial charge in [0.2, 0.25) is 0 Å². The van der Waals surface area contributed by atoms with E-state index in [0.717, 1.165) is 0 Å². The summed E-state index contributed by atoms with van der Waals surface area (Å²) in [6, 6.07) is 0. The molecule has 1 aromatic heterocycles. The van der Waals surface area contributed by atoms with Crippen molar-refractivity contribution in [2.24, 2.45) is 7.05 Å². The van der Waals surface area contributed by atoms with E-state index in [1.807, 2.05) is 0 Å². The smallest absolute Gasteiger partial charge is 0.306 e. The molecule has 1 rings (SSSR count). The Morgan fingerprint density at radius 3 is 2.71 bits per heavy atom. The van der Waals surface area contributed by atoms with Crippen molar-refractivity contribution in [3.63, 3.8) is 0 Å². The molecule has 0 aliphatic carbocycles. The van der Waals surface area contributed by atoms with Gasteiger partial charge in [-0.3, -0.25) is 4.79 Å². The number of aliphatic hydroxyl groups excluding tert-OH is 2. The van der Waals surface area contributed by atoms with Crippen LogP contribution in [0.2, 0.25) is 0 Å². The lowest BCUT2D eigenvalue weighted by molar-refractivity contribution is -0.141. The number of carboxylic acid groups (broad SMARTS) is 1.